The third-order valence-corrected chi connectivity index (χ3v) is 5.33. The second-order valence-electron chi connectivity index (χ2n) is 6.15. The minimum absolute atomic E-state index is 0.204. The van der Waals surface area contributed by atoms with Crippen molar-refractivity contribution in [3.8, 4) is 11.4 Å². The molecular weight excluding hydrogens is 361 g/mol. The second kappa shape index (κ2) is 7.80. The lowest BCUT2D eigenvalue weighted by Gasteiger charge is -2.10. The van der Waals surface area contributed by atoms with Gasteiger partial charge in [-0.15, -0.1) is 10.2 Å². The Morgan fingerprint density at radius 1 is 1.00 bits per heavy atom. The Kier molecular flexibility index (Phi) is 5.07. The average Bonchev–Trinajstić information content (AvgIpc) is 3.28. The number of aromatic nitrogens is 3. The fourth-order valence-electron chi connectivity index (χ4n) is 2.88. The molecule has 0 amide bonds. The highest BCUT2D eigenvalue weighted by atomic mass is 32.2. The first-order chi connectivity index (χ1) is 13.2. The molecule has 2 aromatic carbocycles. The van der Waals surface area contributed by atoms with Crippen molar-refractivity contribution in [2.75, 3.05) is 0 Å². The summed E-state index contributed by atoms with van der Waals surface area (Å²) in [4.78, 5) is 0. The van der Waals surface area contributed by atoms with Gasteiger partial charge in [-0.3, -0.25) is 4.57 Å². The van der Waals surface area contributed by atoms with Gasteiger partial charge >= 0.3 is 0 Å². The number of hydrogen-bond acceptors (Lipinski definition) is 4. The molecule has 0 atom stereocenters. The van der Waals surface area contributed by atoms with E-state index in [1.165, 1.54) is 17.8 Å². The van der Waals surface area contributed by atoms with E-state index in [0.29, 0.717) is 17.9 Å². The Bertz CT molecular complexity index is 1040. The third-order valence-electron chi connectivity index (χ3n) is 4.31. The van der Waals surface area contributed by atoms with Crippen LogP contribution in [-0.4, -0.2) is 14.8 Å². The second-order valence-corrected chi connectivity index (χ2v) is 7.09. The molecule has 27 heavy (non-hydrogen) atoms. The minimum Gasteiger partial charge on any atom is -0.469 e. The highest BCUT2D eigenvalue weighted by Gasteiger charge is 2.18. The number of halogens is 1. The van der Waals surface area contributed by atoms with Crippen molar-refractivity contribution >= 4 is 11.8 Å². The predicted molar refractivity (Wildman–Crippen MR) is 104 cm³/mol. The fourth-order valence-corrected chi connectivity index (χ4v) is 3.80. The van der Waals surface area contributed by atoms with Crippen molar-refractivity contribution in [2.24, 2.45) is 0 Å². The van der Waals surface area contributed by atoms with E-state index in [9.17, 15) is 4.39 Å². The van der Waals surface area contributed by atoms with E-state index in [0.717, 1.165) is 27.9 Å². The molecule has 4 nitrogen and oxygen atoms in total. The number of aryl methyl sites for hydroxylation is 1. The van der Waals surface area contributed by atoms with Gasteiger partial charge < -0.3 is 4.42 Å². The van der Waals surface area contributed by atoms with Crippen LogP contribution in [0, 0.1) is 12.7 Å². The van der Waals surface area contributed by atoms with Crippen LogP contribution < -0.4 is 0 Å². The fraction of sp³-hybridized carbons (Fsp3) is 0.143. The van der Waals surface area contributed by atoms with Gasteiger partial charge in [0.2, 0.25) is 0 Å². The van der Waals surface area contributed by atoms with E-state index in [-0.39, 0.29) is 5.82 Å². The van der Waals surface area contributed by atoms with Gasteiger partial charge in [0.25, 0.3) is 0 Å². The van der Waals surface area contributed by atoms with Crippen molar-refractivity contribution in [2.45, 2.75) is 24.4 Å². The number of hydrogen-bond donors (Lipinski definition) is 0. The molecule has 4 rings (SSSR count). The van der Waals surface area contributed by atoms with Crippen LogP contribution in [0.2, 0.25) is 0 Å². The number of benzene rings is 2. The molecular formula is C21H18FN3OS. The molecule has 136 valence electrons. The molecule has 0 unspecified atom stereocenters. The summed E-state index contributed by atoms with van der Waals surface area (Å²) in [5.41, 5.74) is 2.71. The Balaban J connectivity index is 1.67. The van der Waals surface area contributed by atoms with Crippen LogP contribution in [0.4, 0.5) is 4.39 Å². The highest BCUT2D eigenvalue weighted by molar-refractivity contribution is 7.98. The SMILES string of the molecule is Cc1occc1-c1nnc(SCc2ccccc2F)n1Cc1ccccc1. The van der Waals surface area contributed by atoms with Crippen LogP contribution in [0.25, 0.3) is 11.4 Å². The molecule has 4 aromatic rings. The van der Waals surface area contributed by atoms with Gasteiger partial charge in [-0.25, -0.2) is 4.39 Å². The van der Waals surface area contributed by atoms with Crippen molar-refractivity contribution in [1.29, 1.82) is 0 Å². The number of thioether (sulfide) groups is 1. The smallest absolute Gasteiger partial charge is 0.192 e. The maximum Gasteiger partial charge on any atom is 0.192 e. The van der Waals surface area contributed by atoms with E-state index in [1.807, 2.05) is 37.3 Å². The zero-order valence-electron chi connectivity index (χ0n) is 14.8. The maximum atomic E-state index is 14.0. The van der Waals surface area contributed by atoms with Gasteiger partial charge in [0.15, 0.2) is 11.0 Å². The summed E-state index contributed by atoms with van der Waals surface area (Å²) in [6.45, 7) is 2.54. The molecule has 0 aliphatic carbocycles. The zero-order valence-corrected chi connectivity index (χ0v) is 15.6. The molecule has 0 saturated heterocycles. The van der Waals surface area contributed by atoms with Crippen LogP contribution >= 0.6 is 11.8 Å². The molecule has 0 spiro atoms. The van der Waals surface area contributed by atoms with Gasteiger partial charge in [-0.2, -0.15) is 0 Å². The van der Waals surface area contributed by atoms with Gasteiger partial charge in [0.05, 0.1) is 18.4 Å². The average molecular weight is 379 g/mol. The molecule has 0 aliphatic heterocycles. The lowest BCUT2D eigenvalue weighted by Crippen LogP contribution is -2.04. The summed E-state index contributed by atoms with van der Waals surface area (Å²) in [6.07, 6.45) is 1.65. The maximum absolute atomic E-state index is 14.0. The minimum atomic E-state index is -0.204. The van der Waals surface area contributed by atoms with Crippen molar-refractivity contribution in [3.05, 3.63) is 89.6 Å². The lowest BCUT2D eigenvalue weighted by atomic mass is 10.2. The Morgan fingerprint density at radius 3 is 2.52 bits per heavy atom. The van der Waals surface area contributed by atoms with Gasteiger partial charge in [0.1, 0.15) is 11.6 Å². The first-order valence-corrected chi connectivity index (χ1v) is 9.59. The largest absolute Gasteiger partial charge is 0.469 e. The first-order valence-electron chi connectivity index (χ1n) is 8.60. The molecule has 0 bridgehead atoms. The molecule has 0 aliphatic rings. The third kappa shape index (κ3) is 3.80. The molecule has 2 heterocycles. The number of rotatable bonds is 6. The highest BCUT2D eigenvalue weighted by Crippen LogP contribution is 2.29. The van der Waals surface area contributed by atoms with Crippen molar-refractivity contribution < 1.29 is 8.81 Å². The molecule has 6 heteroatoms. The summed E-state index contributed by atoms with van der Waals surface area (Å²) >= 11 is 1.48. The van der Waals surface area contributed by atoms with Gasteiger partial charge in [-0.05, 0) is 30.2 Å². The Hall–Kier alpha value is -2.86. The molecule has 0 N–H and O–H groups in total. The topological polar surface area (TPSA) is 43.9 Å². The van der Waals surface area contributed by atoms with E-state index < -0.39 is 0 Å². The van der Waals surface area contributed by atoms with Crippen LogP contribution in [0.3, 0.4) is 0 Å². The summed E-state index contributed by atoms with van der Waals surface area (Å²) < 4.78 is 21.4. The zero-order chi connectivity index (χ0) is 18.6. The van der Waals surface area contributed by atoms with Crippen LogP contribution in [0.5, 0.6) is 0 Å². The van der Waals surface area contributed by atoms with Gasteiger partial charge in [-0.1, -0.05) is 60.3 Å². The van der Waals surface area contributed by atoms with Crippen LogP contribution in [-0.2, 0) is 12.3 Å². The van der Waals surface area contributed by atoms with E-state index in [4.69, 9.17) is 4.42 Å². The van der Waals surface area contributed by atoms with E-state index in [2.05, 4.69) is 26.9 Å². The molecule has 0 saturated carbocycles. The summed E-state index contributed by atoms with van der Waals surface area (Å²) in [6, 6.07) is 18.8. The molecule has 2 aromatic heterocycles. The standard InChI is InChI=1S/C21H18FN3OS/c1-15-18(11-12-26-15)20-23-24-21(25(20)13-16-7-3-2-4-8-16)27-14-17-9-5-6-10-19(17)22/h2-12H,13-14H2,1H3. The molecule has 0 fully saturated rings. The number of furan rings is 1. The van der Waals surface area contributed by atoms with Gasteiger partial charge in [0, 0.05) is 5.75 Å². The Morgan fingerprint density at radius 2 is 1.78 bits per heavy atom. The number of nitrogens with zero attached hydrogens (tertiary/aromatic N) is 3. The van der Waals surface area contributed by atoms with Crippen molar-refractivity contribution in [1.82, 2.24) is 14.8 Å². The van der Waals surface area contributed by atoms with Crippen LogP contribution in [0.1, 0.15) is 16.9 Å². The Labute approximate surface area is 161 Å². The lowest BCUT2D eigenvalue weighted by molar-refractivity contribution is 0.534. The normalized spacial score (nSPS) is 11.0. The summed E-state index contributed by atoms with van der Waals surface area (Å²) in [5.74, 6) is 1.83. The molecule has 0 radical (unpaired) electrons. The summed E-state index contributed by atoms with van der Waals surface area (Å²) in [5, 5.41) is 9.50. The monoisotopic (exact) mass is 379 g/mol. The van der Waals surface area contributed by atoms with Crippen LogP contribution in [0.15, 0.2) is 76.5 Å². The quantitative estimate of drug-likeness (QED) is 0.425. The van der Waals surface area contributed by atoms with Crippen molar-refractivity contribution in [3.63, 3.8) is 0 Å². The first kappa shape index (κ1) is 17.5. The van der Waals surface area contributed by atoms with E-state index in [1.54, 1.807) is 18.4 Å². The van der Waals surface area contributed by atoms with E-state index >= 15 is 0 Å². The summed E-state index contributed by atoms with van der Waals surface area (Å²) in [7, 11) is 0. The predicted octanol–water partition coefficient (Wildman–Crippen LogP) is 5.33.